The summed E-state index contributed by atoms with van der Waals surface area (Å²) in [6, 6.07) is 1.47. The molecule has 0 radical (unpaired) electrons. The van der Waals surface area contributed by atoms with Gasteiger partial charge in [-0.05, 0) is 5.56 Å². The maximum Gasteiger partial charge on any atom is 0.371 e. The maximum atomic E-state index is 10.5. The fourth-order valence-electron chi connectivity index (χ4n) is 1.24. The highest BCUT2D eigenvalue weighted by atomic mass is 16.4. The molecule has 2 aromatic heterocycles. The Morgan fingerprint density at radius 1 is 1.69 bits per heavy atom. The first kappa shape index (κ1) is 7.88. The van der Waals surface area contributed by atoms with Gasteiger partial charge in [-0.1, -0.05) is 0 Å². The van der Waals surface area contributed by atoms with Gasteiger partial charge in [0.1, 0.15) is 0 Å². The molecule has 5 nitrogen and oxygen atoms in total. The largest absolute Gasteiger partial charge is 0.475 e. The summed E-state index contributed by atoms with van der Waals surface area (Å²) < 4.78 is 5.00. The van der Waals surface area contributed by atoms with Gasteiger partial charge in [0.2, 0.25) is 11.5 Å². The van der Waals surface area contributed by atoms with Gasteiger partial charge >= 0.3 is 5.97 Å². The summed E-state index contributed by atoms with van der Waals surface area (Å²) in [5.41, 5.74) is 6.75. The highest BCUT2D eigenvalue weighted by molar-refractivity contribution is 5.91. The molecule has 0 fully saturated rings. The van der Waals surface area contributed by atoms with Crippen LogP contribution in [0.25, 0.3) is 11.1 Å². The van der Waals surface area contributed by atoms with Crippen molar-refractivity contribution in [2.45, 2.75) is 6.54 Å². The number of furan rings is 1. The van der Waals surface area contributed by atoms with E-state index in [2.05, 4.69) is 4.98 Å². The van der Waals surface area contributed by atoms with Gasteiger partial charge in [-0.25, -0.2) is 4.79 Å². The molecule has 0 unspecified atom stereocenters. The van der Waals surface area contributed by atoms with E-state index in [0.717, 1.165) is 10.9 Å². The molecule has 0 aromatic carbocycles. The smallest absolute Gasteiger partial charge is 0.371 e. The third-order valence-corrected chi connectivity index (χ3v) is 1.89. The highest BCUT2D eigenvalue weighted by Crippen LogP contribution is 2.21. The Morgan fingerprint density at radius 2 is 2.46 bits per heavy atom. The Bertz CT molecular complexity index is 455. The Hall–Kier alpha value is -1.75. The number of carboxylic acid groups (broad SMARTS) is 1. The van der Waals surface area contributed by atoms with Crippen LogP contribution in [-0.4, -0.2) is 16.1 Å². The number of nitrogens with two attached hydrogens (primary N) is 1. The number of fused-ring (bicyclic) bond motifs is 1. The van der Waals surface area contributed by atoms with E-state index in [1.807, 2.05) is 0 Å². The zero-order chi connectivity index (χ0) is 9.42. The van der Waals surface area contributed by atoms with Gasteiger partial charge in [-0.3, -0.25) is 0 Å². The lowest BCUT2D eigenvalue weighted by molar-refractivity contribution is 0.0664. The standard InChI is InChI=1S/C8H8N2O3/c9-2-4-3-10-7-5(4)1-6(13-7)8(11)12/h1,3,10H,2,9H2,(H,11,12). The number of nitrogens with one attached hydrogen (secondary N) is 1. The zero-order valence-electron chi connectivity index (χ0n) is 6.70. The van der Waals surface area contributed by atoms with Gasteiger partial charge in [0.05, 0.1) is 0 Å². The van der Waals surface area contributed by atoms with Gasteiger partial charge in [-0.2, -0.15) is 0 Å². The molecular formula is C8H8N2O3. The number of H-pyrrole nitrogens is 1. The average Bonchev–Trinajstić information content (AvgIpc) is 2.60. The Labute approximate surface area is 73.1 Å². The topological polar surface area (TPSA) is 92.3 Å². The predicted molar refractivity (Wildman–Crippen MR) is 45.4 cm³/mol. The number of carbonyl (C=O) groups is 1. The van der Waals surface area contributed by atoms with Crippen molar-refractivity contribution in [3.8, 4) is 0 Å². The van der Waals surface area contributed by atoms with Crippen molar-refractivity contribution in [3.63, 3.8) is 0 Å². The van der Waals surface area contributed by atoms with E-state index in [4.69, 9.17) is 15.3 Å². The molecule has 5 heteroatoms. The first-order valence-corrected chi connectivity index (χ1v) is 3.75. The van der Waals surface area contributed by atoms with Crippen LogP contribution >= 0.6 is 0 Å². The molecule has 0 saturated heterocycles. The van der Waals surface area contributed by atoms with Crippen molar-refractivity contribution in [3.05, 3.63) is 23.6 Å². The van der Waals surface area contributed by atoms with Crippen molar-refractivity contribution < 1.29 is 14.3 Å². The van der Waals surface area contributed by atoms with Gasteiger partial charge in [0.25, 0.3) is 0 Å². The first-order chi connectivity index (χ1) is 6.22. The summed E-state index contributed by atoms with van der Waals surface area (Å²) in [5, 5.41) is 9.36. The van der Waals surface area contributed by atoms with E-state index in [9.17, 15) is 4.79 Å². The second-order valence-electron chi connectivity index (χ2n) is 2.68. The molecule has 0 amide bonds. The Kier molecular flexibility index (Phi) is 1.60. The van der Waals surface area contributed by atoms with E-state index >= 15 is 0 Å². The Balaban J connectivity index is 2.63. The number of aromatic amines is 1. The molecule has 2 aromatic rings. The molecule has 0 saturated carbocycles. The Morgan fingerprint density at radius 3 is 3.08 bits per heavy atom. The number of carboxylic acids is 1. The zero-order valence-corrected chi connectivity index (χ0v) is 6.70. The quantitative estimate of drug-likeness (QED) is 0.640. The number of hydrogen-bond donors (Lipinski definition) is 3. The molecule has 0 spiro atoms. The maximum absolute atomic E-state index is 10.5. The van der Waals surface area contributed by atoms with Gasteiger partial charge in [0, 0.05) is 24.2 Å². The summed E-state index contributed by atoms with van der Waals surface area (Å²) in [6.45, 7) is 0.360. The fraction of sp³-hybridized carbons (Fsp3) is 0.125. The molecule has 2 heterocycles. The average molecular weight is 180 g/mol. The summed E-state index contributed by atoms with van der Waals surface area (Å²) in [5.74, 6) is -1.15. The number of hydrogen-bond acceptors (Lipinski definition) is 3. The lowest BCUT2D eigenvalue weighted by Crippen LogP contribution is -1.94. The summed E-state index contributed by atoms with van der Waals surface area (Å²) in [4.78, 5) is 13.3. The molecule has 0 aliphatic carbocycles. The molecule has 13 heavy (non-hydrogen) atoms. The second-order valence-corrected chi connectivity index (χ2v) is 2.68. The summed E-state index contributed by atoms with van der Waals surface area (Å²) >= 11 is 0. The molecule has 4 N–H and O–H groups in total. The molecular weight excluding hydrogens is 172 g/mol. The molecule has 0 bridgehead atoms. The minimum Gasteiger partial charge on any atom is -0.475 e. The van der Waals surface area contributed by atoms with Crippen LogP contribution in [0.1, 0.15) is 16.1 Å². The molecule has 0 aliphatic heterocycles. The molecule has 0 atom stereocenters. The van der Waals surface area contributed by atoms with Crippen LogP contribution in [0.5, 0.6) is 0 Å². The van der Waals surface area contributed by atoms with E-state index in [-0.39, 0.29) is 5.76 Å². The van der Waals surface area contributed by atoms with E-state index < -0.39 is 5.97 Å². The van der Waals surface area contributed by atoms with Crippen molar-refractivity contribution in [2.24, 2.45) is 5.73 Å². The predicted octanol–water partition coefficient (Wildman–Crippen LogP) is 0.918. The normalized spacial score (nSPS) is 10.8. The minimum atomic E-state index is -1.08. The molecule has 0 aliphatic rings. The molecule has 2 rings (SSSR count). The van der Waals surface area contributed by atoms with Crippen molar-refractivity contribution in [1.82, 2.24) is 4.98 Å². The van der Waals surface area contributed by atoms with E-state index in [1.165, 1.54) is 6.07 Å². The minimum absolute atomic E-state index is 0.0726. The van der Waals surface area contributed by atoms with Gasteiger partial charge in [-0.15, -0.1) is 0 Å². The highest BCUT2D eigenvalue weighted by Gasteiger charge is 2.13. The van der Waals surface area contributed by atoms with Gasteiger partial charge in [0.15, 0.2) is 0 Å². The van der Waals surface area contributed by atoms with E-state index in [1.54, 1.807) is 6.20 Å². The van der Waals surface area contributed by atoms with Crippen LogP contribution in [0.15, 0.2) is 16.7 Å². The number of aromatic carboxylic acids is 1. The lowest BCUT2D eigenvalue weighted by atomic mass is 10.2. The van der Waals surface area contributed by atoms with Crippen LogP contribution in [0.3, 0.4) is 0 Å². The second kappa shape index (κ2) is 2.63. The first-order valence-electron chi connectivity index (χ1n) is 3.75. The van der Waals surface area contributed by atoms with E-state index in [0.29, 0.717) is 12.3 Å². The summed E-state index contributed by atoms with van der Waals surface area (Å²) in [6.07, 6.45) is 1.71. The third-order valence-electron chi connectivity index (χ3n) is 1.89. The van der Waals surface area contributed by atoms with Crippen LogP contribution in [0.2, 0.25) is 0 Å². The van der Waals surface area contributed by atoms with Crippen molar-refractivity contribution in [1.29, 1.82) is 0 Å². The van der Waals surface area contributed by atoms with Crippen LogP contribution in [-0.2, 0) is 6.54 Å². The van der Waals surface area contributed by atoms with Gasteiger partial charge < -0.3 is 20.2 Å². The summed E-state index contributed by atoms with van der Waals surface area (Å²) in [7, 11) is 0. The SMILES string of the molecule is NCc1c[nH]c2oc(C(=O)O)cc12. The monoisotopic (exact) mass is 180 g/mol. The van der Waals surface area contributed by atoms with Crippen molar-refractivity contribution in [2.75, 3.05) is 0 Å². The lowest BCUT2D eigenvalue weighted by Gasteiger charge is -1.85. The van der Waals surface area contributed by atoms with Crippen LogP contribution in [0, 0.1) is 0 Å². The van der Waals surface area contributed by atoms with Crippen LogP contribution in [0.4, 0.5) is 0 Å². The van der Waals surface area contributed by atoms with Crippen LogP contribution < -0.4 is 5.73 Å². The van der Waals surface area contributed by atoms with Crippen molar-refractivity contribution >= 4 is 17.1 Å². The number of aromatic nitrogens is 1. The molecule has 68 valence electrons. The number of rotatable bonds is 2. The third kappa shape index (κ3) is 1.09. The fourth-order valence-corrected chi connectivity index (χ4v) is 1.24.